The Labute approximate surface area is 139 Å². The lowest BCUT2D eigenvalue weighted by Gasteiger charge is -2.22. The summed E-state index contributed by atoms with van der Waals surface area (Å²) in [6.07, 6.45) is 2.05. The van der Waals surface area contributed by atoms with Gasteiger partial charge >= 0.3 is 0 Å². The van der Waals surface area contributed by atoms with Gasteiger partial charge in [-0.3, -0.25) is 4.79 Å². The van der Waals surface area contributed by atoms with Crippen molar-refractivity contribution in [1.82, 2.24) is 5.32 Å². The Morgan fingerprint density at radius 3 is 2.83 bits per heavy atom. The Morgan fingerprint density at radius 2 is 2.13 bits per heavy atom. The highest BCUT2D eigenvalue weighted by Crippen LogP contribution is 2.18. The van der Waals surface area contributed by atoms with E-state index in [2.05, 4.69) is 16.8 Å². The molecule has 0 unspecified atom stereocenters. The van der Waals surface area contributed by atoms with Crippen LogP contribution in [0.1, 0.15) is 18.9 Å². The van der Waals surface area contributed by atoms with Gasteiger partial charge in [-0.1, -0.05) is 24.3 Å². The van der Waals surface area contributed by atoms with Crippen molar-refractivity contribution in [2.24, 2.45) is 0 Å². The maximum Gasteiger partial charge on any atom is 0.249 e. The van der Waals surface area contributed by atoms with Crippen LogP contribution in [0.5, 0.6) is 0 Å². The van der Waals surface area contributed by atoms with Gasteiger partial charge in [0.15, 0.2) is 0 Å². The van der Waals surface area contributed by atoms with Gasteiger partial charge in [0.25, 0.3) is 0 Å². The van der Waals surface area contributed by atoms with Crippen molar-refractivity contribution < 1.29 is 14.3 Å². The standard InChI is InChI=1S/C18H28N2O3/c1-5-6-12-23-15(2)18(21)19-14-16-9-7-8-10-17(16)20(3)11-13-22-4/h5,7-10,15H,1,6,11-14H2,2-4H3,(H,19,21)/t15-/m1/s1. The van der Waals surface area contributed by atoms with Crippen LogP contribution in [0.3, 0.4) is 0 Å². The maximum atomic E-state index is 12.1. The summed E-state index contributed by atoms with van der Waals surface area (Å²) < 4.78 is 10.6. The second-order valence-electron chi connectivity index (χ2n) is 5.35. The number of benzene rings is 1. The van der Waals surface area contributed by atoms with E-state index in [-0.39, 0.29) is 5.91 Å². The number of carbonyl (C=O) groups excluding carboxylic acids is 1. The Kier molecular flexibility index (Phi) is 9.02. The van der Waals surface area contributed by atoms with Crippen molar-refractivity contribution in [2.75, 3.05) is 38.8 Å². The van der Waals surface area contributed by atoms with E-state index >= 15 is 0 Å². The van der Waals surface area contributed by atoms with Gasteiger partial charge in [0.05, 0.1) is 13.2 Å². The number of hydrogen-bond acceptors (Lipinski definition) is 4. The first kappa shape index (κ1) is 19.2. The molecule has 0 spiro atoms. The Balaban J connectivity index is 2.56. The summed E-state index contributed by atoms with van der Waals surface area (Å²) >= 11 is 0. The van der Waals surface area contributed by atoms with Crippen LogP contribution in [0.2, 0.25) is 0 Å². The first-order valence-electron chi connectivity index (χ1n) is 7.88. The summed E-state index contributed by atoms with van der Waals surface area (Å²) in [7, 11) is 3.70. The first-order chi connectivity index (χ1) is 11.1. The highest BCUT2D eigenvalue weighted by Gasteiger charge is 2.14. The molecule has 0 radical (unpaired) electrons. The molecule has 5 heteroatoms. The highest BCUT2D eigenvalue weighted by atomic mass is 16.5. The Morgan fingerprint density at radius 1 is 1.39 bits per heavy atom. The number of methoxy groups -OCH3 is 1. The molecule has 0 aromatic heterocycles. The van der Waals surface area contributed by atoms with Crippen LogP contribution in [0.15, 0.2) is 36.9 Å². The van der Waals surface area contributed by atoms with Crippen LogP contribution < -0.4 is 10.2 Å². The van der Waals surface area contributed by atoms with Crippen LogP contribution >= 0.6 is 0 Å². The monoisotopic (exact) mass is 320 g/mol. The molecule has 1 aromatic rings. The number of hydrogen-bond donors (Lipinski definition) is 1. The molecule has 1 aromatic carbocycles. The van der Waals surface area contributed by atoms with Gasteiger partial charge in [-0.15, -0.1) is 6.58 Å². The quantitative estimate of drug-likeness (QED) is 0.502. The fourth-order valence-electron chi connectivity index (χ4n) is 2.11. The molecule has 0 aliphatic carbocycles. The van der Waals surface area contributed by atoms with E-state index in [1.54, 1.807) is 20.1 Å². The van der Waals surface area contributed by atoms with Gasteiger partial charge in [-0.05, 0) is 25.0 Å². The van der Waals surface area contributed by atoms with Gasteiger partial charge in [0, 0.05) is 32.9 Å². The summed E-state index contributed by atoms with van der Waals surface area (Å²) in [6.45, 7) is 7.82. The minimum atomic E-state index is -0.465. The molecule has 0 aliphatic heterocycles. The summed E-state index contributed by atoms with van der Waals surface area (Å²) in [6, 6.07) is 8.02. The van der Waals surface area contributed by atoms with Gasteiger partial charge in [-0.25, -0.2) is 0 Å². The van der Waals surface area contributed by atoms with Crippen molar-refractivity contribution >= 4 is 11.6 Å². The smallest absolute Gasteiger partial charge is 0.249 e. The summed E-state index contributed by atoms with van der Waals surface area (Å²) in [4.78, 5) is 14.2. The lowest BCUT2D eigenvalue weighted by atomic mass is 10.1. The number of anilines is 1. The summed E-state index contributed by atoms with van der Waals surface area (Å²) in [5.74, 6) is -0.108. The van der Waals surface area contributed by atoms with E-state index < -0.39 is 6.10 Å². The number of amides is 1. The van der Waals surface area contributed by atoms with Gasteiger partial charge in [0.2, 0.25) is 5.91 Å². The zero-order chi connectivity index (χ0) is 17.1. The average molecular weight is 320 g/mol. The molecule has 0 aliphatic rings. The third-order valence-corrected chi connectivity index (χ3v) is 3.55. The predicted molar refractivity (Wildman–Crippen MR) is 93.7 cm³/mol. The lowest BCUT2D eigenvalue weighted by Crippen LogP contribution is -2.34. The third kappa shape index (κ3) is 6.84. The lowest BCUT2D eigenvalue weighted by molar-refractivity contribution is -0.131. The topological polar surface area (TPSA) is 50.8 Å². The zero-order valence-corrected chi connectivity index (χ0v) is 14.4. The van der Waals surface area contributed by atoms with Crippen molar-refractivity contribution in [3.63, 3.8) is 0 Å². The van der Waals surface area contributed by atoms with Gasteiger partial charge < -0.3 is 19.7 Å². The van der Waals surface area contributed by atoms with Crippen LogP contribution in [0.25, 0.3) is 0 Å². The minimum Gasteiger partial charge on any atom is -0.383 e. The van der Waals surface area contributed by atoms with Crippen LogP contribution in [-0.2, 0) is 20.8 Å². The second kappa shape index (κ2) is 10.8. The van der Waals surface area contributed by atoms with Crippen molar-refractivity contribution in [1.29, 1.82) is 0 Å². The molecular formula is C18H28N2O3. The molecule has 0 saturated carbocycles. The van der Waals surface area contributed by atoms with E-state index in [1.807, 2.05) is 31.3 Å². The summed E-state index contributed by atoms with van der Waals surface area (Å²) in [5.41, 5.74) is 2.16. The second-order valence-corrected chi connectivity index (χ2v) is 5.35. The molecule has 0 saturated heterocycles. The number of ether oxygens (including phenoxy) is 2. The average Bonchev–Trinajstić information content (AvgIpc) is 2.57. The molecule has 1 amide bonds. The van der Waals surface area contributed by atoms with Crippen LogP contribution in [0.4, 0.5) is 5.69 Å². The van der Waals surface area contributed by atoms with Crippen molar-refractivity contribution in [2.45, 2.75) is 26.0 Å². The molecule has 0 bridgehead atoms. The van der Waals surface area contributed by atoms with E-state index in [0.717, 1.165) is 24.2 Å². The van der Waals surface area contributed by atoms with Gasteiger partial charge in [-0.2, -0.15) is 0 Å². The first-order valence-corrected chi connectivity index (χ1v) is 7.88. The molecule has 1 N–H and O–H groups in total. The largest absolute Gasteiger partial charge is 0.383 e. The summed E-state index contributed by atoms with van der Waals surface area (Å²) in [5, 5.41) is 2.93. The van der Waals surface area contributed by atoms with E-state index in [0.29, 0.717) is 19.8 Å². The molecule has 1 rings (SSSR count). The van der Waals surface area contributed by atoms with Crippen LogP contribution in [0, 0.1) is 0 Å². The normalized spacial score (nSPS) is 11.8. The number of para-hydroxylation sites is 1. The van der Waals surface area contributed by atoms with Crippen LogP contribution in [-0.4, -0.2) is 45.9 Å². The fraction of sp³-hybridized carbons (Fsp3) is 0.500. The minimum absolute atomic E-state index is 0.108. The number of carbonyl (C=O) groups is 1. The molecular weight excluding hydrogens is 292 g/mol. The van der Waals surface area contributed by atoms with E-state index in [4.69, 9.17) is 9.47 Å². The molecule has 23 heavy (non-hydrogen) atoms. The van der Waals surface area contributed by atoms with Crippen molar-refractivity contribution in [3.8, 4) is 0 Å². The van der Waals surface area contributed by atoms with Crippen molar-refractivity contribution in [3.05, 3.63) is 42.5 Å². The SMILES string of the molecule is C=CCCO[C@H](C)C(=O)NCc1ccccc1N(C)CCOC. The molecule has 5 nitrogen and oxygen atoms in total. The number of rotatable bonds is 11. The Bertz CT molecular complexity index is 491. The van der Waals surface area contributed by atoms with E-state index in [9.17, 15) is 4.79 Å². The third-order valence-electron chi connectivity index (χ3n) is 3.55. The maximum absolute atomic E-state index is 12.1. The molecule has 1 atom stereocenters. The number of nitrogens with zero attached hydrogens (tertiary/aromatic N) is 1. The number of nitrogens with one attached hydrogen (secondary N) is 1. The molecule has 0 fully saturated rings. The predicted octanol–water partition coefficient (Wildman–Crippen LogP) is 2.37. The molecule has 0 heterocycles. The Hall–Kier alpha value is -1.85. The number of likely N-dealkylation sites (N-methyl/N-ethyl adjacent to an activating group) is 1. The molecule has 128 valence electrons. The van der Waals surface area contributed by atoms with E-state index in [1.165, 1.54) is 0 Å². The highest BCUT2D eigenvalue weighted by molar-refractivity contribution is 5.80. The van der Waals surface area contributed by atoms with Gasteiger partial charge in [0.1, 0.15) is 6.10 Å². The fourth-order valence-corrected chi connectivity index (χ4v) is 2.11. The zero-order valence-electron chi connectivity index (χ0n) is 14.4.